The Morgan fingerprint density at radius 1 is 1.27 bits per heavy atom. The molecule has 2 aromatic carbocycles. The van der Waals surface area contributed by atoms with Gasteiger partial charge in [-0.05, 0) is 36.3 Å². The predicted octanol–water partition coefficient (Wildman–Crippen LogP) is 2.68. The van der Waals surface area contributed by atoms with Crippen LogP contribution in [0.1, 0.15) is 17.7 Å². The van der Waals surface area contributed by atoms with E-state index in [1.807, 2.05) is 0 Å². The summed E-state index contributed by atoms with van der Waals surface area (Å²) in [6, 6.07) is 6.71. The van der Waals surface area contributed by atoms with Gasteiger partial charge in [0.1, 0.15) is 5.82 Å². The first kappa shape index (κ1) is 20.0. The summed E-state index contributed by atoms with van der Waals surface area (Å²) >= 11 is 0. The number of aromatic nitrogens is 2. The van der Waals surface area contributed by atoms with Gasteiger partial charge in [0.05, 0.1) is 36.2 Å². The van der Waals surface area contributed by atoms with Gasteiger partial charge in [-0.1, -0.05) is 12.1 Å². The Morgan fingerprint density at radius 2 is 2.10 bits per heavy atom. The summed E-state index contributed by atoms with van der Waals surface area (Å²) in [4.78, 5) is 12.3. The van der Waals surface area contributed by atoms with Gasteiger partial charge in [-0.15, -0.1) is 0 Å². The van der Waals surface area contributed by atoms with E-state index in [2.05, 4.69) is 20.8 Å². The molecule has 2 heterocycles. The van der Waals surface area contributed by atoms with Gasteiger partial charge < -0.3 is 20.5 Å². The number of nitrogens with one attached hydrogen (secondary N) is 3. The molecule has 9 heteroatoms. The molecule has 1 saturated heterocycles. The first-order valence-corrected chi connectivity index (χ1v) is 9.36. The number of ether oxygens (including phenoxy) is 1. The Balaban J connectivity index is 1.58. The van der Waals surface area contributed by atoms with E-state index >= 15 is 0 Å². The van der Waals surface area contributed by atoms with Gasteiger partial charge >= 0.3 is 0 Å². The zero-order chi connectivity index (χ0) is 21.3. The molecule has 1 fully saturated rings. The summed E-state index contributed by atoms with van der Waals surface area (Å²) in [6.45, 7) is 0.322. The number of hydrogen-bond acceptors (Lipinski definition) is 5. The number of halogens is 2. The van der Waals surface area contributed by atoms with Crippen LogP contribution in [0.5, 0.6) is 5.75 Å². The number of aromatic amines is 1. The van der Waals surface area contributed by atoms with Crippen molar-refractivity contribution in [2.75, 3.05) is 19.0 Å². The normalized spacial score (nSPS) is 18.9. The zero-order valence-electron chi connectivity index (χ0n) is 16.1. The van der Waals surface area contributed by atoms with E-state index in [0.29, 0.717) is 28.7 Å². The van der Waals surface area contributed by atoms with Crippen LogP contribution in [0.15, 0.2) is 30.3 Å². The molecule has 1 aromatic heterocycles. The standard InChI is InChI=1S/C21H20F2N4O3/c1-30-20-5-3-11(6-15(20)23)2-4-16-13-8-18(14(22)9-17(13)27-26-16)25-21(29)19-7-12(28)10-24-19/h2-6,8-9,12,19,24,28H,7,10H2,1H3,(H,25,29)(H,26,27)/t12-,19+/m1/s1. The number of benzene rings is 2. The lowest BCUT2D eigenvalue weighted by Gasteiger charge is -2.12. The molecular weight excluding hydrogens is 394 g/mol. The van der Waals surface area contributed by atoms with Crippen molar-refractivity contribution in [3.05, 3.63) is 53.2 Å². The summed E-state index contributed by atoms with van der Waals surface area (Å²) in [5.41, 5.74) is 1.58. The molecule has 1 aliphatic heterocycles. The Bertz CT molecular complexity index is 1130. The van der Waals surface area contributed by atoms with Crippen LogP contribution in [0.3, 0.4) is 0 Å². The molecule has 3 aromatic rings. The first-order valence-electron chi connectivity index (χ1n) is 9.36. The highest BCUT2D eigenvalue weighted by Gasteiger charge is 2.28. The fraction of sp³-hybridized carbons (Fsp3) is 0.238. The molecule has 30 heavy (non-hydrogen) atoms. The lowest BCUT2D eigenvalue weighted by molar-refractivity contribution is -0.118. The highest BCUT2D eigenvalue weighted by atomic mass is 19.1. The number of fused-ring (bicyclic) bond motifs is 1. The molecule has 7 nitrogen and oxygen atoms in total. The number of anilines is 1. The number of carbonyl (C=O) groups excluding carboxylic acids is 1. The maximum absolute atomic E-state index is 14.4. The number of aliphatic hydroxyl groups excluding tert-OH is 1. The van der Waals surface area contributed by atoms with E-state index in [0.717, 1.165) is 0 Å². The van der Waals surface area contributed by atoms with E-state index < -0.39 is 29.7 Å². The molecule has 4 N–H and O–H groups in total. The molecule has 0 spiro atoms. The van der Waals surface area contributed by atoms with E-state index in [-0.39, 0.29) is 17.9 Å². The molecule has 0 aliphatic carbocycles. The third-order valence-electron chi connectivity index (χ3n) is 4.97. The lowest BCUT2D eigenvalue weighted by atomic mass is 10.1. The van der Waals surface area contributed by atoms with E-state index in [9.17, 15) is 18.7 Å². The van der Waals surface area contributed by atoms with Crippen molar-refractivity contribution in [3.63, 3.8) is 0 Å². The van der Waals surface area contributed by atoms with Crippen molar-refractivity contribution in [1.82, 2.24) is 15.5 Å². The van der Waals surface area contributed by atoms with Crippen LogP contribution in [0.2, 0.25) is 0 Å². The maximum atomic E-state index is 14.4. The maximum Gasteiger partial charge on any atom is 0.241 e. The van der Waals surface area contributed by atoms with E-state index in [4.69, 9.17) is 4.74 Å². The van der Waals surface area contributed by atoms with E-state index in [1.54, 1.807) is 18.2 Å². The van der Waals surface area contributed by atoms with Gasteiger partial charge in [0, 0.05) is 18.0 Å². The summed E-state index contributed by atoms with van der Waals surface area (Å²) in [5, 5.41) is 22.5. The second-order valence-electron chi connectivity index (χ2n) is 7.05. The number of methoxy groups -OCH3 is 1. The smallest absolute Gasteiger partial charge is 0.241 e. The van der Waals surface area contributed by atoms with Gasteiger partial charge in [0.2, 0.25) is 5.91 Å². The summed E-state index contributed by atoms with van der Waals surface area (Å²) in [6.07, 6.45) is 3.01. The van der Waals surface area contributed by atoms with Gasteiger partial charge in [-0.25, -0.2) is 8.78 Å². The van der Waals surface area contributed by atoms with Crippen molar-refractivity contribution in [2.45, 2.75) is 18.6 Å². The Morgan fingerprint density at radius 3 is 2.80 bits per heavy atom. The quantitative estimate of drug-likeness (QED) is 0.515. The molecule has 0 radical (unpaired) electrons. The Hall–Kier alpha value is -3.30. The third kappa shape index (κ3) is 4.03. The lowest BCUT2D eigenvalue weighted by Crippen LogP contribution is -2.35. The average molecular weight is 414 g/mol. The van der Waals surface area contributed by atoms with Gasteiger partial charge in [-0.3, -0.25) is 9.89 Å². The number of H-pyrrole nitrogens is 1. The van der Waals surface area contributed by atoms with Crippen molar-refractivity contribution in [3.8, 4) is 5.75 Å². The Kier molecular flexibility index (Phi) is 5.47. The van der Waals surface area contributed by atoms with Gasteiger partial charge in [-0.2, -0.15) is 5.10 Å². The van der Waals surface area contributed by atoms with Crippen LogP contribution in [0.4, 0.5) is 14.5 Å². The number of hydrogen-bond donors (Lipinski definition) is 4. The van der Waals surface area contributed by atoms with E-state index in [1.165, 1.54) is 31.4 Å². The molecular formula is C21H20F2N4O3. The molecule has 2 atom stereocenters. The number of rotatable bonds is 5. The SMILES string of the molecule is COc1ccc(C=Cc2n[nH]c3cc(F)c(NC(=O)[C@@H]4C[C@@H](O)CN4)cc23)cc1F. The molecule has 0 unspecified atom stereocenters. The van der Waals surface area contributed by atoms with Crippen molar-refractivity contribution in [2.24, 2.45) is 0 Å². The summed E-state index contributed by atoms with van der Waals surface area (Å²) in [5.74, 6) is -1.35. The molecule has 1 amide bonds. The molecule has 0 saturated carbocycles. The Labute approximate surface area is 170 Å². The summed E-state index contributed by atoms with van der Waals surface area (Å²) < 4.78 is 33.2. The first-order chi connectivity index (χ1) is 14.4. The monoisotopic (exact) mass is 414 g/mol. The molecule has 4 rings (SSSR count). The van der Waals surface area contributed by atoms with Crippen LogP contribution < -0.4 is 15.4 Å². The van der Waals surface area contributed by atoms with Crippen LogP contribution in [0.25, 0.3) is 23.1 Å². The van der Waals surface area contributed by atoms with Crippen molar-refractivity contribution >= 4 is 34.6 Å². The fourth-order valence-electron chi connectivity index (χ4n) is 3.38. The van der Waals surface area contributed by atoms with Crippen molar-refractivity contribution < 1.29 is 23.4 Å². The van der Waals surface area contributed by atoms with Gasteiger partial charge in [0.25, 0.3) is 0 Å². The van der Waals surface area contributed by atoms with Gasteiger partial charge in [0.15, 0.2) is 11.6 Å². The van der Waals surface area contributed by atoms with Crippen LogP contribution in [0, 0.1) is 11.6 Å². The molecule has 0 bridgehead atoms. The highest BCUT2D eigenvalue weighted by molar-refractivity contribution is 5.98. The number of amides is 1. The summed E-state index contributed by atoms with van der Waals surface area (Å²) in [7, 11) is 1.39. The second kappa shape index (κ2) is 8.21. The topological polar surface area (TPSA) is 99.3 Å². The minimum Gasteiger partial charge on any atom is -0.494 e. The number of carbonyl (C=O) groups is 1. The number of nitrogens with zero attached hydrogens (tertiary/aromatic N) is 1. The van der Waals surface area contributed by atoms with Crippen LogP contribution in [-0.2, 0) is 4.79 Å². The largest absolute Gasteiger partial charge is 0.494 e. The fourth-order valence-corrected chi connectivity index (χ4v) is 3.38. The third-order valence-corrected chi connectivity index (χ3v) is 4.97. The second-order valence-corrected chi connectivity index (χ2v) is 7.05. The van der Waals surface area contributed by atoms with Crippen molar-refractivity contribution in [1.29, 1.82) is 0 Å². The minimum absolute atomic E-state index is 0.0160. The molecule has 156 valence electrons. The number of aliphatic hydroxyl groups is 1. The molecule has 1 aliphatic rings. The van der Waals surface area contributed by atoms with Crippen LogP contribution >= 0.6 is 0 Å². The number of β-amino-alcohol motifs (C(OH)–C–C–N with tert-alkyl or cyclic N) is 1. The average Bonchev–Trinajstić information content (AvgIpc) is 3.33. The zero-order valence-corrected chi connectivity index (χ0v) is 16.1. The van der Waals surface area contributed by atoms with Crippen LogP contribution in [-0.4, -0.2) is 47.0 Å². The highest BCUT2D eigenvalue weighted by Crippen LogP contribution is 2.26. The predicted molar refractivity (Wildman–Crippen MR) is 109 cm³/mol. The minimum atomic E-state index is -0.606.